The van der Waals surface area contributed by atoms with E-state index >= 15 is 0 Å². The molecule has 0 aliphatic carbocycles. The average molecular weight is 350 g/mol. The van der Waals surface area contributed by atoms with Gasteiger partial charge < -0.3 is 5.32 Å². The normalized spacial score (nSPS) is 16.3. The maximum Gasteiger partial charge on any atom is 0.293 e. The third kappa shape index (κ3) is 4.92. The molecular formula is C17H19FN2O3S. The molecule has 0 atom stereocenters. The molecule has 3 amide bonds. The van der Waals surface area contributed by atoms with Crippen LogP contribution in [0.4, 0.5) is 9.18 Å². The first-order chi connectivity index (χ1) is 11.4. The van der Waals surface area contributed by atoms with Crippen LogP contribution in [-0.4, -0.2) is 35.0 Å². The van der Waals surface area contributed by atoms with E-state index in [9.17, 15) is 18.8 Å². The highest BCUT2D eigenvalue weighted by atomic mass is 32.2. The molecule has 2 rings (SSSR count). The number of carbonyl (C=O) groups excluding carboxylic acids is 3. The Kier molecular flexibility index (Phi) is 6.14. The van der Waals surface area contributed by atoms with E-state index < -0.39 is 5.91 Å². The van der Waals surface area contributed by atoms with E-state index in [0.29, 0.717) is 16.9 Å². The standard InChI is InChI=1S/C17H19FN2O3S/c1-11(2)9-15(21)19-7-8-20-16(22)14(24-17(20)23)10-12-3-5-13(18)6-4-12/h3-6,10-11H,7-9H2,1-2H3,(H,19,21)/b14-10-. The van der Waals surface area contributed by atoms with Crippen LogP contribution in [0.5, 0.6) is 0 Å². The lowest BCUT2D eigenvalue weighted by Crippen LogP contribution is -2.37. The summed E-state index contributed by atoms with van der Waals surface area (Å²) in [6, 6.07) is 5.66. The van der Waals surface area contributed by atoms with Gasteiger partial charge in [-0.05, 0) is 41.5 Å². The molecule has 1 aromatic carbocycles. The van der Waals surface area contributed by atoms with Crippen molar-refractivity contribution in [2.24, 2.45) is 5.92 Å². The Labute approximate surface area is 144 Å². The molecule has 0 bridgehead atoms. The second-order valence-corrected chi connectivity index (χ2v) is 6.83. The van der Waals surface area contributed by atoms with Crippen LogP contribution in [0.25, 0.3) is 6.08 Å². The van der Waals surface area contributed by atoms with Crippen LogP contribution in [0, 0.1) is 11.7 Å². The molecule has 128 valence electrons. The molecule has 1 aliphatic heterocycles. The third-order valence-electron chi connectivity index (χ3n) is 3.29. The van der Waals surface area contributed by atoms with Gasteiger partial charge in [0.05, 0.1) is 4.91 Å². The number of nitrogens with zero attached hydrogens (tertiary/aromatic N) is 1. The number of thioether (sulfide) groups is 1. The van der Waals surface area contributed by atoms with Crippen LogP contribution < -0.4 is 5.32 Å². The van der Waals surface area contributed by atoms with Crippen molar-refractivity contribution < 1.29 is 18.8 Å². The molecule has 1 fully saturated rings. The number of hydrogen-bond donors (Lipinski definition) is 1. The molecule has 5 nitrogen and oxygen atoms in total. The Morgan fingerprint density at radius 3 is 2.58 bits per heavy atom. The number of carbonyl (C=O) groups is 3. The lowest BCUT2D eigenvalue weighted by atomic mass is 10.1. The van der Waals surface area contributed by atoms with Gasteiger partial charge in [-0.25, -0.2) is 4.39 Å². The van der Waals surface area contributed by atoms with E-state index in [0.717, 1.165) is 16.7 Å². The third-order valence-corrected chi connectivity index (χ3v) is 4.20. The van der Waals surface area contributed by atoms with Gasteiger partial charge in [0.25, 0.3) is 11.1 Å². The molecule has 1 heterocycles. The predicted octanol–water partition coefficient (Wildman–Crippen LogP) is 3.02. The Bertz CT molecular complexity index is 671. The monoisotopic (exact) mass is 350 g/mol. The van der Waals surface area contributed by atoms with Gasteiger partial charge in [0.15, 0.2) is 0 Å². The molecule has 7 heteroatoms. The van der Waals surface area contributed by atoms with Crippen molar-refractivity contribution in [2.75, 3.05) is 13.1 Å². The van der Waals surface area contributed by atoms with Crippen molar-refractivity contribution in [1.82, 2.24) is 10.2 Å². The van der Waals surface area contributed by atoms with Crippen LogP contribution in [-0.2, 0) is 9.59 Å². The van der Waals surface area contributed by atoms with Gasteiger partial charge in [0.2, 0.25) is 5.91 Å². The first-order valence-electron chi connectivity index (χ1n) is 7.64. The number of nitrogens with one attached hydrogen (secondary N) is 1. The first-order valence-corrected chi connectivity index (χ1v) is 8.46. The van der Waals surface area contributed by atoms with Gasteiger partial charge in [0.1, 0.15) is 5.82 Å². The van der Waals surface area contributed by atoms with Crippen LogP contribution in [0.15, 0.2) is 29.2 Å². The van der Waals surface area contributed by atoms with Crippen LogP contribution in [0.2, 0.25) is 0 Å². The number of rotatable bonds is 6. The van der Waals surface area contributed by atoms with Crippen LogP contribution >= 0.6 is 11.8 Å². The SMILES string of the molecule is CC(C)CC(=O)NCCN1C(=O)S/C(=C\c2ccc(F)cc2)C1=O. The highest BCUT2D eigenvalue weighted by Crippen LogP contribution is 2.31. The zero-order valence-electron chi connectivity index (χ0n) is 13.5. The number of amides is 3. The van der Waals surface area contributed by atoms with Crippen molar-refractivity contribution >= 4 is 34.9 Å². The Balaban J connectivity index is 1.94. The quantitative estimate of drug-likeness (QED) is 0.801. The second kappa shape index (κ2) is 8.10. The van der Waals surface area contributed by atoms with E-state index in [2.05, 4.69) is 5.32 Å². The molecule has 0 radical (unpaired) electrons. The van der Waals surface area contributed by atoms with E-state index in [1.54, 1.807) is 6.08 Å². The first kappa shape index (κ1) is 18.2. The average Bonchev–Trinajstić information content (AvgIpc) is 2.76. The summed E-state index contributed by atoms with van der Waals surface area (Å²) in [6.07, 6.45) is 1.97. The van der Waals surface area contributed by atoms with Crippen LogP contribution in [0.3, 0.4) is 0 Å². The summed E-state index contributed by atoms with van der Waals surface area (Å²) < 4.78 is 12.9. The van der Waals surface area contributed by atoms with Crippen molar-refractivity contribution in [2.45, 2.75) is 20.3 Å². The van der Waals surface area contributed by atoms with E-state index in [1.165, 1.54) is 24.3 Å². The molecule has 1 aromatic rings. The summed E-state index contributed by atoms with van der Waals surface area (Å²) >= 11 is 0.842. The fourth-order valence-corrected chi connectivity index (χ4v) is 3.02. The van der Waals surface area contributed by atoms with Gasteiger partial charge >= 0.3 is 0 Å². The summed E-state index contributed by atoms with van der Waals surface area (Å²) in [5.74, 6) is -0.607. The van der Waals surface area contributed by atoms with E-state index in [-0.39, 0.29) is 36.0 Å². The maximum atomic E-state index is 12.9. The minimum absolute atomic E-state index is 0.0983. The molecule has 0 unspecified atom stereocenters. The summed E-state index contributed by atoms with van der Waals surface area (Å²) in [4.78, 5) is 37.2. The van der Waals surface area contributed by atoms with Gasteiger partial charge in [-0.2, -0.15) is 0 Å². The summed E-state index contributed by atoms with van der Waals surface area (Å²) in [6.45, 7) is 4.25. The molecule has 1 N–H and O–H groups in total. The fraction of sp³-hybridized carbons (Fsp3) is 0.353. The number of halogens is 1. The fourth-order valence-electron chi connectivity index (χ4n) is 2.15. The molecular weight excluding hydrogens is 331 g/mol. The van der Waals surface area contributed by atoms with Crippen molar-refractivity contribution in [3.05, 3.63) is 40.6 Å². The molecule has 24 heavy (non-hydrogen) atoms. The maximum absolute atomic E-state index is 12.9. The second-order valence-electron chi connectivity index (χ2n) is 5.83. The Hall–Kier alpha value is -2.15. The van der Waals surface area contributed by atoms with Gasteiger partial charge in [-0.15, -0.1) is 0 Å². The van der Waals surface area contributed by atoms with Crippen molar-refractivity contribution in [1.29, 1.82) is 0 Å². The Morgan fingerprint density at radius 1 is 1.29 bits per heavy atom. The zero-order valence-corrected chi connectivity index (χ0v) is 14.4. The number of hydrogen-bond acceptors (Lipinski definition) is 4. The highest BCUT2D eigenvalue weighted by Gasteiger charge is 2.34. The summed E-state index contributed by atoms with van der Waals surface area (Å²) in [5.41, 5.74) is 0.645. The minimum Gasteiger partial charge on any atom is -0.354 e. The number of imide groups is 1. The molecule has 0 aromatic heterocycles. The van der Waals surface area contributed by atoms with E-state index in [1.807, 2.05) is 13.8 Å². The van der Waals surface area contributed by atoms with Gasteiger partial charge in [0, 0.05) is 19.5 Å². The predicted molar refractivity (Wildman–Crippen MR) is 91.5 cm³/mol. The zero-order chi connectivity index (χ0) is 17.7. The lowest BCUT2D eigenvalue weighted by molar-refractivity contribution is -0.124. The smallest absolute Gasteiger partial charge is 0.293 e. The molecule has 1 aliphatic rings. The highest BCUT2D eigenvalue weighted by molar-refractivity contribution is 8.18. The summed E-state index contributed by atoms with van der Waals surface area (Å²) in [7, 11) is 0. The van der Waals surface area contributed by atoms with Crippen molar-refractivity contribution in [3.8, 4) is 0 Å². The molecule has 0 spiro atoms. The minimum atomic E-state index is -0.396. The largest absolute Gasteiger partial charge is 0.354 e. The number of benzene rings is 1. The topological polar surface area (TPSA) is 66.5 Å². The molecule has 0 saturated carbocycles. The van der Waals surface area contributed by atoms with Crippen LogP contribution in [0.1, 0.15) is 25.8 Å². The lowest BCUT2D eigenvalue weighted by Gasteiger charge is -2.13. The summed E-state index contributed by atoms with van der Waals surface area (Å²) in [5, 5.41) is 2.33. The van der Waals surface area contributed by atoms with Gasteiger partial charge in [-0.3, -0.25) is 19.3 Å². The Morgan fingerprint density at radius 2 is 1.96 bits per heavy atom. The van der Waals surface area contributed by atoms with Crippen molar-refractivity contribution in [3.63, 3.8) is 0 Å². The van der Waals surface area contributed by atoms with E-state index in [4.69, 9.17) is 0 Å². The van der Waals surface area contributed by atoms with Gasteiger partial charge in [-0.1, -0.05) is 26.0 Å². The molecule has 1 saturated heterocycles.